The van der Waals surface area contributed by atoms with Crippen molar-refractivity contribution in [1.82, 2.24) is 9.88 Å². The highest BCUT2D eigenvalue weighted by Gasteiger charge is 2.15. The highest BCUT2D eigenvalue weighted by molar-refractivity contribution is 7.16. The molecule has 3 heterocycles. The number of hydrogen-bond acceptors (Lipinski definition) is 3. The lowest BCUT2D eigenvalue weighted by Crippen LogP contribution is -2.25. The van der Waals surface area contributed by atoms with Crippen molar-refractivity contribution in [3.63, 3.8) is 0 Å². The van der Waals surface area contributed by atoms with Gasteiger partial charge in [-0.15, -0.1) is 11.3 Å². The van der Waals surface area contributed by atoms with E-state index in [0.717, 1.165) is 16.0 Å². The molecule has 0 saturated carbocycles. The molecule has 1 N–H and O–H groups in total. The number of fused-ring (bicyclic) bond motifs is 1. The highest BCUT2D eigenvalue weighted by atomic mass is 32.1. The van der Waals surface area contributed by atoms with Crippen molar-refractivity contribution < 1.29 is 9.21 Å². The maximum Gasteiger partial charge on any atom is 0.268 e. The first-order valence-corrected chi connectivity index (χ1v) is 7.66. The number of aromatic nitrogens is 1. The Kier molecular flexibility index (Phi) is 3.92. The molecule has 0 unspecified atom stereocenters. The molecule has 0 atom stereocenters. The molecule has 3 aromatic rings. The van der Waals surface area contributed by atoms with Crippen LogP contribution in [0.3, 0.4) is 0 Å². The fourth-order valence-electron chi connectivity index (χ4n) is 2.23. The molecule has 3 aromatic heterocycles. The molecule has 4 nitrogen and oxygen atoms in total. The second-order valence-electron chi connectivity index (χ2n) is 4.65. The van der Waals surface area contributed by atoms with Crippen LogP contribution in [0.2, 0.25) is 0 Å². The fourth-order valence-corrected chi connectivity index (χ4v) is 3.13. The molecule has 0 aliphatic rings. The van der Waals surface area contributed by atoms with Gasteiger partial charge in [-0.3, -0.25) is 4.79 Å². The minimum atomic E-state index is -0.0840. The fraction of sp³-hybridized carbons (Fsp3) is 0.188. The third kappa shape index (κ3) is 2.78. The molecule has 1 amide bonds. The minimum Gasteiger partial charge on any atom is -0.467 e. The maximum absolute atomic E-state index is 12.4. The number of nitrogens with zero attached hydrogens (tertiary/aromatic N) is 1. The Bertz CT molecular complexity index is 766. The van der Waals surface area contributed by atoms with Crippen LogP contribution in [0.15, 0.2) is 52.5 Å². The van der Waals surface area contributed by atoms with E-state index < -0.39 is 0 Å². The van der Waals surface area contributed by atoms with E-state index in [-0.39, 0.29) is 5.91 Å². The lowest BCUT2D eigenvalue weighted by Gasteiger charge is -2.07. The summed E-state index contributed by atoms with van der Waals surface area (Å²) in [6, 6.07) is 7.63. The van der Waals surface area contributed by atoms with Gasteiger partial charge in [-0.05, 0) is 36.6 Å². The molecular formula is C16H16N2O2S. The number of carbonyl (C=O) groups is 1. The molecule has 108 valence electrons. The van der Waals surface area contributed by atoms with Crippen molar-refractivity contribution in [2.75, 3.05) is 0 Å². The van der Waals surface area contributed by atoms with Gasteiger partial charge in [0.25, 0.3) is 5.91 Å². The highest BCUT2D eigenvalue weighted by Crippen LogP contribution is 2.25. The Morgan fingerprint density at radius 3 is 3.14 bits per heavy atom. The molecule has 0 saturated heterocycles. The number of rotatable bonds is 5. The summed E-state index contributed by atoms with van der Waals surface area (Å²) in [5.41, 5.74) is 0.682. The van der Waals surface area contributed by atoms with Crippen LogP contribution in [0, 0.1) is 0 Å². The van der Waals surface area contributed by atoms with Crippen LogP contribution < -0.4 is 5.32 Å². The number of thiophene rings is 1. The Labute approximate surface area is 126 Å². The standard InChI is InChI=1S/C16H16N2O2S/c1-2-3-7-18-14(10-12-6-9-21-16(12)18)15(19)17-11-13-5-4-8-20-13/h2-6,8-10H,7,11H2,1H3,(H,17,19). The third-order valence-electron chi connectivity index (χ3n) is 3.26. The van der Waals surface area contributed by atoms with E-state index in [9.17, 15) is 4.79 Å². The van der Waals surface area contributed by atoms with Crippen molar-refractivity contribution in [3.05, 3.63) is 59.5 Å². The van der Waals surface area contributed by atoms with Gasteiger partial charge in [0.2, 0.25) is 0 Å². The van der Waals surface area contributed by atoms with E-state index in [1.165, 1.54) is 0 Å². The maximum atomic E-state index is 12.4. The van der Waals surface area contributed by atoms with Gasteiger partial charge in [0.15, 0.2) is 0 Å². The van der Waals surface area contributed by atoms with Gasteiger partial charge in [0, 0.05) is 11.9 Å². The second kappa shape index (κ2) is 6.01. The molecule has 0 fully saturated rings. The third-order valence-corrected chi connectivity index (χ3v) is 4.21. The molecule has 0 aliphatic heterocycles. The monoisotopic (exact) mass is 300 g/mol. The largest absolute Gasteiger partial charge is 0.467 e. The average molecular weight is 300 g/mol. The summed E-state index contributed by atoms with van der Waals surface area (Å²) >= 11 is 1.65. The number of furan rings is 1. The van der Waals surface area contributed by atoms with Crippen molar-refractivity contribution in [2.45, 2.75) is 20.0 Å². The zero-order valence-corrected chi connectivity index (χ0v) is 12.5. The van der Waals surface area contributed by atoms with Gasteiger partial charge in [-0.1, -0.05) is 12.2 Å². The summed E-state index contributed by atoms with van der Waals surface area (Å²) in [6.45, 7) is 3.07. The summed E-state index contributed by atoms with van der Waals surface area (Å²) in [5, 5.41) is 6.04. The van der Waals surface area contributed by atoms with Gasteiger partial charge >= 0.3 is 0 Å². The van der Waals surface area contributed by atoms with Gasteiger partial charge < -0.3 is 14.3 Å². The smallest absolute Gasteiger partial charge is 0.268 e. The molecular weight excluding hydrogens is 284 g/mol. The summed E-state index contributed by atoms with van der Waals surface area (Å²) in [7, 11) is 0. The zero-order chi connectivity index (χ0) is 14.7. The second-order valence-corrected chi connectivity index (χ2v) is 5.55. The molecule has 0 aromatic carbocycles. The normalized spacial score (nSPS) is 11.5. The summed E-state index contributed by atoms with van der Waals surface area (Å²) < 4.78 is 7.27. The van der Waals surface area contributed by atoms with Crippen LogP contribution in [0.25, 0.3) is 10.2 Å². The molecule has 0 spiro atoms. The molecule has 0 aliphatic carbocycles. The predicted octanol–water partition coefficient (Wildman–Crippen LogP) is 3.80. The number of amides is 1. The van der Waals surface area contributed by atoms with E-state index in [0.29, 0.717) is 18.8 Å². The molecule has 21 heavy (non-hydrogen) atoms. The van der Waals surface area contributed by atoms with Crippen LogP contribution in [0.4, 0.5) is 0 Å². The topological polar surface area (TPSA) is 47.2 Å². The van der Waals surface area contributed by atoms with Crippen molar-refractivity contribution >= 4 is 27.5 Å². The van der Waals surface area contributed by atoms with Gasteiger partial charge in [0.1, 0.15) is 16.3 Å². The quantitative estimate of drug-likeness (QED) is 0.728. The van der Waals surface area contributed by atoms with Gasteiger partial charge in [-0.25, -0.2) is 0 Å². The number of nitrogens with one attached hydrogen (secondary N) is 1. The summed E-state index contributed by atoms with van der Waals surface area (Å²) in [6.07, 6.45) is 5.64. The lowest BCUT2D eigenvalue weighted by atomic mass is 10.3. The van der Waals surface area contributed by atoms with Crippen molar-refractivity contribution in [2.24, 2.45) is 0 Å². The van der Waals surface area contributed by atoms with Crippen LogP contribution >= 0.6 is 11.3 Å². The number of allylic oxidation sites excluding steroid dienone is 2. The Hall–Kier alpha value is -2.27. The first-order chi connectivity index (χ1) is 10.3. The SMILES string of the molecule is CC=CCn1c(C(=O)NCc2ccco2)cc2ccsc21. The van der Waals surface area contributed by atoms with Crippen LogP contribution in [0.1, 0.15) is 23.2 Å². The minimum absolute atomic E-state index is 0.0840. The van der Waals surface area contributed by atoms with E-state index >= 15 is 0 Å². The lowest BCUT2D eigenvalue weighted by molar-refractivity contribution is 0.0939. The van der Waals surface area contributed by atoms with Crippen LogP contribution in [0.5, 0.6) is 0 Å². The summed E-state index contributed by atoms with van der Waals surface area (Å²) in [4.78, 5) is 13.5. The Balaban J connectivity index is 1.84. The summed E-state index contributed by atoms with van der Waals surface area (Å²) in [5.74, 6) is 0.663. The van der Waals surface area contributed by atoms with Gasteiger partial charge in [0.05, 0.1) is 12.8 Å². The van der Waals surface area contributed by atoms with Crippen LogP contribution in [-0.4, -0.2) is 10.5 Å². The van der Waals surface area contributed by atoms with Crippen LogP contribution in [-0.2, 0) is 13.1 Å². The Morgan fingerprint density at radius 2 is 2.38 bits per heavy atom. The van der Waals surface area contributed by atoms with E-state index in [1.807, 2.05) is 53.3 Å². The van der Waals surface area contributed by atoms with E-state index in [2.05, 4.69) is 5.32 Å². The molecule has 5 heteroatoms. The first kappa shape index (κ1) is 13.7. The zero-order valence-electron chi connectivity index (χ0n) is 11.7. The average Bonchev–Trinajstić information content (AvgIpc) is 3.19. The van der Waals surface area contributed by atoms with Crippen molar-refractivity contribution in [1.29, 1.82) is 0 Å². The Morgan fingerprint density at radius 1 is 1.48 bits per heavy atom. The van der Waals surface area contributed by atoms with Crippen molar-refractivity contribution in [3.8, 4) is 0 Å². The van der Waals surface area contributed by atoms with E-state index in [4.69, 9.17) is 4.42 Å². The van der Waals surface area contributed by atoms with Gasteiger partial charge in [-0.2, -0.15) is 0 Å². The number of hydrogen-bond donors (Lipinski definition) is 1. The van der Waals surface area contributed by atoms with E-state index in [1.54, 1.807) is 17.6 Å². The predicted molar refractivity (Wildman–Crippen MR) is 84.5 cm³/mol. The molecule has 0 radical (unpaired) electrons. The number of carbonyl (C=O) groups excluding carboxylic acids is 1. The molecule has 3 rings (SSSR count). The molecule has 0 bridgehead atoms. The first-order valence-electron chi connectivity index (χ1n) is 6.78.